The number of piperidine rings is 1. The van der Waals surface area contributed by atoms with E-state index in [1.165, 1.54) is 32.3 Å². The molecule has 1 heterocycles. The Morgan fingerprint density at radius 2 is 1.68 bits per heavy atom. The lowest BCUT2D eigenvalue weighted by Crippen LogP contribution is -2.39. The predicted molar refractivity (Wildman–Crippen MR) is 104 cm³/mol. The van der Waals surface area contributed by atoms with Gasteiger partial charge < -0.3 is 14.7 Å². The number of anilines is 1. The first-order valence-electron chi connectivity index (χ1n) is 9.89. The molecule has 28 heavy (non-hydrogen) atoms. The third-order valence-corrected chi connectivity index (χ3v) is 5.86. The Kier molecular flexibility index (Phi) is 6.46. The number of hydrogen-bond donors (Lipinski definition) is 1. The van der Waals surface area contributed by atoms with E-state index >= 15 is 0 Å². The Morgan fingerprint density at radius 1 is 1.07 bits per heavy atom. The van der Waals surface area contributed by atoms with Crippen LogP contribution in [0.1, 0.15) is 56.1 Å². The van der Waals surface area contributed by atoms with Gasteiger partial charge in [0.05, 0.1) is 28.7 Å². The molecule has 0 atom stereocenters. The molecule has 0 spiro atoms. The van der Waals surface area contributed by atoms with Crippen LogP contribution in [0.4, 0.5) is 17.1 Å². The van der Waals surface area contributed by atoms with Crippen LogP contribution in [0.2, 0.25) is 0 Å². The zero-order valence-electron chi connectivity index (χ0n) is 16.1. The average Bonchev–Trinajstić information content (AvgIpc) is 2.68. The number of hydrogen-bond acceptors (Lipinski definition) is 7. The first kappa shape index (κ1) is 20.5. The average molecular weight is 393 g/mol. The predicted octanol–water partition coefficient (Wildman–Crippen LogP) is 3.62. The first-order valence-corrected chi connectivity index (χ1v) is 9.89. The number of nitro groups is 2. The normalized spacial score (nSPS) is 19.0. The van der Waals surface area contributed by atoms with Crippen molar-refractivity contribution in [2.24, 2.45) is 0 Å². The van der Waals surface area contributed by atoms with Crippen LogP contribution in [-0.4, -0.2) is 40.3 Å². The largest absolute Gasteiger partial charge is 0.392 e. The zero-order valence-corrected chi connectivity index (χ0v) is 16.1. The summed E-state index contributed by atoms with van der Waals surface area (Å²) in [4.78, 5) is 23.8. The molecular weight excluding hydrogens is 366 g/mol. The first-order chi connectivity index (χ1) is 13.4. The van der Waals surface area contributed by atoms with Crippen molar-refractivity contribution in [2.75, 3.05) is 18.0 Å². The van der Waals surface area contributed by atoms with E-state index in [-0.39, 0.29) is 34.3 Å². The molecule has 0 aromatic heterocycles. The van der Waals surface area contributed by atoms with Crippen LogP contribution in [0, 0.1) is 27.2 Å². The van der Waals surface area contributed by atoms with Crippen molar-refractivity contribution in [1.29, 1.82) is 0 Å². The van der Waals surface area contributed by atoms with E-state index in [9.17, 15) is 25.3 Å². The van der Waals surface area contributed by atoms with E-state index in [4.69, 9.17) is 4.74 Å². The van der Waals surface area contributed by atoms with Gasteiger partial charge in [-0.3, -0.25) is 20.2 Å². The maximum Gasteiger partial charge on any atom is 0.302 e. The van der Waals surface area contributed by atoms with Crippen molar-refractivity contribution >= 4 is 17.1 Å². The van der Waals surface area contributed by atoms with Gasteiger partial charge in [-0.1, -0.05) is 19.3 Å². The maximum atomic E-state index is 11.7. The fourth-order valence-corrected chi connectivity index (χ4v) is 4.32. The summed E-state index contributed by atoms with van der Waals surface area (Å²) < 4.78 is 6.20. The van der Waals surface area contributed by atoms with Gasteiger partial charge in [0.15, 0.2) is 5.69 Å². The van der Waals surface area contributed by atoms with Crippen molar-refractivity contribution in [2.45, 2.75) is 70.7 Å². The van der Waals surface area contributed by atoms with Gasteiger partial charge in [0.2, 0.25) is 0 Å². The number of nitrogens with zero attached hydrogens (tertiary/aromatic N) is 3. The van der Waals surface area contributed by atoms with Gasteiger partial charge >= 0.3 is 5.69 Å². The van der Waals surface area contributed by atoms with E-state index in [0.29, 0.717) is 32.0 Å². The van der Waals surface area contributed by atoms with Crippen molar-refractivity contribution in [3.63, 3.8) is 0 Å². The zero-order chi connectivity index (χ0) is 20.3. The summed E-state index contributed by atoms with van der Waals surface area (Å²) in [5.41, 5.74) is -0.0925. The van der Waals surface area contributed by atoms with Crippen molar-refractivity contribution in [1.82, 2.24) is 0 Å². The standard InChI is InChI=1S/C19H27N3O6/c1-13-14(12-23)11-17(21(24)25)19(18(13)22(26)27)20-9-7-16(8-10-20)28-15-5-3-2-4-6-15/h11,15-16,23H,2-10,12H2,1H3. The van der Waals surface area contributed by atoms with Crippen LogP contribution in [-0.2, 0) is 11.3 Å². The summed E-state index contributed by atoms with van der Waals surface area (Å²) in [6, 6.07) is 1.25. The molecule has 0 unspecified atom stereocenters. The SMILES string of the molecule is Cc1c(CO)cc([N+](=O)[O-])c(N2CCC(OC3CCCCC3)CC2)c1[N+](=O)[O-]. The van der Waals surface area contributed by atoms with Crippen LogP contribution in [0.25, 0.3) is 0 Å². The molecule has 1 saturated heterocycles. The minimum atomic E-state index is -0.606. The number of nitro benzene ring substituents is 2. The highest BCUT2D eigenvalue weighted by Crippen LogP contribution is 2.43. The van der Waals surface area contributed by atoms with Gasteiger partial charge in [-0.05, 0) is 38.2 Å². The summed E-state index contributed by atoms with van der Waals surface area (Å²) in [5, 5.41) is 32.7. The molecule has 1 aromatic rings. The molecule has 154 valence electrons. The highest BCUT2D eigenvalue weighted by molar-refractivity contribution is 5.79. The van der Waals surface area contributed by atoms with Crippen molar-refractivity contribution in [3.8, 4) is 0 Å². The Morgan fingerprint density at radius 3 is 2.21 bits per heavy atom. The van der Waals surface area contributed by atoms with Crippen LogP contribution in [0.15, 0.2) is 6.07 Å². The molecule has 1 N–H and O–H groups in total. The highest BCUT2D eigenvalue weighted by atomic mass is 16.6. The molecule has 1 aliphatic carbocycles. The molecular formula is C19H27N3O6. The second-order valence-corrected chi connectivity index (χ2v) is 7.63. The summed E-state index contributed by atoms with van der Waals surface area (Å²) in [6.45, 7) is 1.98. The topological polar surface area (TPSA) is 119 Å². The lowest BCUT2D eigenvalue weighted by Gasteiger charge is -2.35. The van der Waals surface area contributed by atoms with Gasteiger partial charge in [0.25, 0.3) is 5.69 Å². The fourth-order valence-electron chi connectivity index (χ4n) is 4.32. The molecule has 1 aromatic carbocycles. The lowest BCUT2D eigenvalue weighted by atomic mass is 9.96. The number of benzene rings is 1. The molecule has 0 amide bonds. The molecule has 0 radical (unpaired) electrons. The van der Waals surface area contributed by atoms with Gasteiger partial charge in [0, 0.05) is 24.7 Å². The van der Waals surface area contributed by atoms with Gasteiger partial charge in [-0.25, -0.2) is 0 Å². The summed E-state index contributed by atoms with van der Waals surface area (Å²) in [5.74, 6) is 0. The molecule has 2 fully saturated rings. The second kappa shape index (κ2) is 8.83. The molecule has 1 saturated carbocycles. The smallest absolute Gasteiger partial charge is 0.302 e. The maximum absolute atomic E-state index is 11.7. The van der Waals surface area contributed by atoms with Crippen LogP contribution >= 0.6 is 0 Å². The highest BCUT2D eigenvalue weighted by Gasteiger charge is 2.36. The van der Waals surface area contributed by atoms with Crippen LogP contribution in [0.5, 0.6) is 0 Å². The van der Waals surface area contributed by atoms with Crippen LogP contribution < -0.4 is 4.90 Å². The summed E-state index contributed by atoms with van der Waals surface area (Å²) >= 11 is 0. The number of aliphatic hydroxyl groups is 1. The van der Waals surface area contributed by atoms with E-state index < -0.39 is 16.5 Å². The molecule has 9 heteroatoms. The number of aliphatic hydroxyl groups excluding tert-OH is 1. The minimum absolute atomic E-state index is 0.0424. The molecule has 9 nitrogen and oxygen atoms in total. The third kappa shape index (κ3) is 4.25. The molecule has 1 aliphatic heterocycles. The fraction of sp³-hybridized carbons (Fsp3) is 0.684. The Labute approximate surface area is 163 Å². The van der Waals surface area contributed by atoms with Crippen molar-refractivity contribution < 1.29 is 19.7 Å². The monoisotopic (exact) mass is 393 g/mol. The number of ether oxygens (including phenoxy) is 1. The summed E-state index contributed by atoms with van der Waals surface area (Å²) in [6.07, 6.45) is 7.57. The Balaban J connectivity index is 1.82. The van der Waals surface area contributed by atoms with E-state index in [2.05, 4.69) is 0 Å². The summed E-state index contributed by atoms with van der Waals surface area (Å²) in [7, 11) is 0. The van der Waals surface area contributed by atoms with Crippen LogP contribution in [0.3, 0.4) is 0 Å². The molecule has 2 aliphatic rings. The third-order valence-electron chi connectivity index (χ3n) is 5.86. The molecule has 0 bridgehead atoms. The lowest BCUT2D eigenvalue weighted by molar-refractivity contribution is -0.393. The molecule has 3 rings (SSSR count). The van der Waals surface area contributed by atoms with E-state index in [1.807, 2.05) is 0 Å². The van der Waals surface area contributed by atoms with Crippen molar-refractivity contribution in [3.05, 3.63) is 37.4 Å². The van der Waals surface area contributed by atoms with Gasteiger partial charge in [-0.15, -0.1) is 0 Å². The van der Waals surface area contributed by atoms with E-state index in [1.54, 1.807) is 4.90 Å². The second-order valence-electron chi connectivity index (χ2n) is 7.63. The van der Waals surface area contributed by atoms with Gasteiger partial charge in [0.1, 0.15) is 0 Å². The Bertz CT molecular complexity index is 740. The Hall–Kier alpha value is -2.26. The van der Waals surface area contributed by atoms with E-state index in [0.717, 1.165) is 12.8 Å². The van der Waals surface area contributed by atoms with Gasteiger partial charge in [-0.2, -0.15) is 0 Å². The number of rotatable bonds is 6. The minimum Gasteiger partial charge on any atom is -0.392 e. The quantitative estimate of drug-likeness (QED) is 0.579.